The van der Waals surface area contributed by atoms with Crippen LogP contribution < -0.4 is 14.4 Å². The lowest BCUT2D eigenvalue weighted by molar-refractivity contribution is -0.137. The van der Waals surface area contributed by atoms with Crippen molar-refractivity contribution in [3.63, 3.8) is 0 Å². The SMILES string of the molecule is C#CCN(c1ccc(NS(=O)(=O)c2ccc(OC)cc2)c(C)c1/C=C\C)[C@@H](C)CC(=O)O. The van der Waals surface area contributed by atoms with Crippen molar-refractivity contribution >= 4 is 33.4 Å². The molecule has 0 aromatic heterocycles. The highest BCUT2D eigenvalue weighted by Gasteiger charge is 2.22. The number of rotatable bonds is 10. The number of benzene rings is 2. The molecule has 0 fully saturated rings. The Bertz CT molecular complexity index is 1130. The number of anilines is 2. The van der Waals surface area contributed by atoms with Gasteiger partial charge in [0.2, 0.25) is 0 Å². The van der Waals surface area contributed by atoms with E-state index in [1.807, 2.05) is 24.0 Å². The molecule has 0 radical (unpaired) electrons. The molecule has 2 rings (SSSR count). The molecule has 0 amide bonds. The molecule has 0 saturated heterocycles. The fourth-order valence-corrected chi connectivity index (χ4v) is 4.47. The van der Waals surface area contributed by atoms with Crippen LogP contribution in [-0.2, 0) is 14.8 Å². The standard InChI is InChI=1S/C24H28N2O5S/c1-6-8-21-18(4)22(25-32(29,30)20-11-9-19(31-5)10-12-20)13-14-23(21)26(15-7-2)17(3)16-24(27)28/h2,6,8-14,17,25H,15-16H2,1,3-5H3,(H,27,28)/b8-6-/t17-/m0/s1. The number of carbonyl (C=O) groups is 1. The Morgan fingerprint density at radius 3 is 2.47 bits per heavy atom. The Balaban J connectivity index is 2.49. The van der Waals surface area contributed by atoms with E-state index in [1.165, 1.54) is 19.2 Å². The molecular formula is C24H28N2O5S. The lowest BCUT2D eigenvalue weighted by Gasteiger charge is -2.31. The van der Waals surface area contributed by atoms with Gasteiger partial charge in [-0.1, -0.05) is 18.1 Å². The van der Waals surface area contributed by atoms with Crippen molar-refractivity contribution in [2.45, 2.75) is 38.1 Å². The van der Waals surface area contributed by atoms with Gasteiger partial charge in [0.15, 0.2) is 0 Å². The van der Waals surface area contributed by atoms with Crippen molar-refractivity contribution in [1.82, 2.24) is 0 Å². The Hall–Kier alpha value is -3.44. The monoisotopic (exact) mass is 456 g/mol. The average molecular weight is 457 g/mol. The Labute approximate surface area is 189 Å². The lowest BCUT2D eigenvalue weighted by atomic mass is 10.0. The summed E-state index contributed by atoms with van der Waals surface area (Å²) in [5.74, 6) is 2.22. The van der Waals surface area contributed by atoms with Gasteiger partial charge in [-0.25, -0.2) is 8.42 Å². The van der Waals surface area contributed by atoms with E-state index in [9.17, 15) is 18.3 Å². The predicted molar refractivity (Wildman–Crippen MR) is 128 cm³/mol. The van der Waals surface area contributed by atoms with Crippen LogP contribution in [0.1, 0.15) is 31.4 Å². The van der Waals surface area contributed by atoms with Gasteiger partial charge in [0.05, 0.1) is 30.7 Å². The van der Waals surface area contributed by atoms with Gasteiger partial charge < -0.3 is 14.7 Å². The summed E-state index contributed by atoms with van der Waals surface area (Å²) in [6.07, 6.45) is 9.15. The summed E-state index contributed by atoms with van der Waals surface area (Å²) in [5, 5.41) is 9.21. The van der Waals surface area contributed by atoms with E-state index in [4.69, 9.17) is 11.2 Å². The van der Waals surface area contributed by atoms with Gasteiger partial charge >= 0.3 is 5.97 Å². The summed E-state index contributed by atoms with van der Waals surface area (Å²) >= 11 is 0. The first-order valence-electron chi connectivity index (χ1n) is 9.99. The van der Waals surface area contributed by atoms with Crippen molar-refractivity contribution < 1.29 is 23.1 Å². The third kappa shape index (κ3) is 5.83. The van der Waals surface area contributed by atoms with Gasteiger partial charge in [0.1, 0.15) is 5.75 Å². The van der Waals surface area contributed by atoms with E-state index in [1.54, 1.807) is 38.1 Å². The molecule has 0 aliphatic heterocycles. The van der Waals surface area contributed by atoms with Crippen molar-refractivity contribution in [2.24, 2.45) is 0 Å². The van der Waals surface area contributed by atoms with E-state index < -0.39 is 16.0 Å². The zero-order chi connectivity index (χ0) is 23.9. The molecule has 0 bridgehead atoms. The third-order valence-electron chi connectivity index (χ3n) is 5.01. The summed E-state index contributed by atoms with van der Waals surface area (Å²) in [4.78, 5) is 13.2. The second kappa shape index (κ2) is 10.7. The topological polar surface area (TPSA) is 95.9 Å². The maximum absolute atomic E-state index is 12.9. The Morgan fingerprint density at radius 1 is 1.28 bits per heavy atom. The smallest absolute Gasteiger partial charge is 0.305 e. The van der Waals surface area contributed by atoms with Gasteiger partial charge in [0.25, 0.3) is 10.0 Å². The number of terminal acetylenes is 1. The number of carboxylic acids is 1. The number of allylic oxidation sites excluding steroid dienone is 1. The maximum atomic E-state index is 12.9. The number of nitrogens with zero attached hydrogens (tertiary/aromatic N) is 1. The van der Waals surface area contributed by atoms with Crippen molar-refractivity contribution in [3.8, 4) is 18.1 Å². The van der Waals surface area contributed by atoms with Crippen LogP contribution in [0, 0.1) is 19.3 Å². The first-order valence-corrected chi connectivity index (χ1v) is 11.5. The molecule has 2 aromatic rings. The summed E-state index contributed by atoms with van der Waals surface area (Å²) in [7, 11) is -2.31. The summed E-state index contributed by atoms with van der Waals surface area (Å²) in [5.41, 5.74) is 2.61. The number of aliphatic carboxylic acids is 1. The quantitative estimate of drug-likeness (QED) is 0.522. The number of ether oxygens (including phenoxy) is 1. The molecule has 7 nitrogen and oxygen atoms in total. The van der Waals surface area contributed by atoms with E-state index in [0.29, 0.717) is 17.0 Å². The molecule has 0 unspecified atom stereocenters. The third-order valence-corrected chi connectivity index (χ3v) is 6.39. The minimum atomic E-state index is -3.82. The molecule has 2 aromatic carbocycles. The number of hydrogen-bond acceptors (Lipinski definition) is 5. The zero-order valence-electron chi connectivity index (χ0n) is 18.6. The second-order valence-corrected chi connectivity index (χ2v) is 8.91. The zero-order valence-corrected chi connectivity index (χ0v) is 19.4. The van der Waals surface area contributed by atoms with Crippen LogP contribution in [0.2, 0.25) is 0 Å². The number of carboxylic acid groups (broad SMARTS) is 1. The van der Waals surface area contributed by atoms with Crippen LogP contribution in [0.5, 0.6) is 5.75 Å². The first kappa shape index (κ1) is 24.8. The highest BCUT2D eigenvalue weighted by Crippen LogP contribution is 2.33. The molecular weight excluding hydrogens is 428 g/mol. The van der Waals surface area contributed by atoms with Crippen molar-refractivity contribution in [2.75, 3.05) is 23.3 Å². The largest absolute Gasteiger partial charge is 0.497 e. The summed E-state index contributed by atoms with van der Waals surface area (Å²) < 4.78 is 33.5. The van der Waals surface area contributed by atoms with Gasteiger partial charge in [-0.2, -0.15) is 0 Å². The molecule has 0 aliphatic rings. The van der Waals surface area contributed by atoms with Crippen molar-refractivity contribution in [3.05, 3.63) is 53.6 Å². The highest BCUT2D eigenvalue weighted by atomic mass is 32.2. The molecule has 32 heavy (non-hydrogen) atoms. The number of methoxy groups -OCH3 is 1. The van der Waals surface area contributed by atoms with Gasteiger partial charge in [-0.15, -0.1) is 6.42 Å². The normalized spacial score (nSPS) is 12.2. The molecule has 0 aliphatic carbocycles. The van der Waals surface area contributed by atoms with Crippen LogP contribution in [0.25, 0.3) is 6.08 Å². The van der Waals surface area contributed by atoms with Gasteiger partial charge in [-0.3, -0.25) is 9.52 Å². The van der Waals surface area contributed by atoms with Crippen molar-refractivity contribution in [1.29, 1.82) is 0 Å². The number of sulfonamides is 1. The Kier molecular flexibility index (Phi) is 8.33. The molecule has 2 N–H and O–H groups in total. The van der Waals surface area contributed by atoms with Crippen LogP contribution in [0.4, 0.5) is 11.4 Å². The number of nitrogens with one attached hydrogen (secondary N) is 1. The average Bonchev–Trinajstić information content (AvgIpc) is 2.75. The first-order chi connectivity index (χ1) is 15.1. The van der Waals surface area contributed by atoms with Gasteiger partial charge in [-0.05, 0) is 62.7 Å². The minimum absolute atomic E-state index is 0.0815. The van der Waals surface area contributed by atoms with E-state index in [0.717, 1.165) is 11.3 Å². The van der Waals surface area contributed by atoms with Crippen LogP contribution in [-0.4, -0.2) is 39.2 Å². The highest BCUT2D eigenvalue weighted by molar-refractivity contribution is 7.92. The van der Waals surface area contributed by atoms with Crippen LogP contribution in [0.15, 0.2) is 47.4 Å². The maximum Gasteiger partial charge on any atom is 0.305 e. The Morgan fingerprint density at radius 2 is 1.94 bits per heavy atom. The predicted octanol–water partition coefficient (Wildman–Crippen LogP) is 4.14. The lowest BCUT2D eigenvalue weighted by Crippen LogP contribution is -2.35. The summed E-state index contributed by atoms with van der Waals surface area (Å²) in [6, 6.07) is 9.17. The molecule has 8 heteroatoms. The van der Waals surface area contributed by atoms with E-state index >= 15 is 0 Å². The van der Waals surface area contributed by atoms with Gasteiger partial charge in [0, 0.05) is 17.3 Å². The fraction of sp³-hybridized carbons (Fsp3) is 0.292. The van der Waals surface area contributed by atoms with E-state index in [2.05, 4.69) is 10.6 Å². The minimum Gasteiger partial charge on any atom is -0.497 e. The summed E-state index contributed by atoms with van der Waals surface area (Å²) in [6.45, 7) is 5.67. The molecule has 170 valence electrons. The molecule has 1 atom stereocenters. The molecule has 0 saturated carbocycles. The molecule has 0 heterocycles. The van der Waals surface area contributed by atoms with Crippen LogP contribution in [0.3, 0.4) is 0 Å². The second-order valence-electron chi connectivity index (χ2n) is 7.23. The fourth-order valence-electron chi connectivity index (χ4n) is 3.35. The molecule has 0 spiro atoms. The number of hydrogen-bond donors (Lipinski definition) is 2. The van der Waals surface area contributed by atoms with Crippen LogP contribution >= 0.6 is 0 Å². The van der Waals surface area contributed by atoms with E-state index in [-0.39, 0.29) is 23.9 Å².